The summed E-state index contributed by atoms with van der Waals surface area (Å²) in [4.78, 5) is 13.0. The van der Waals surface area contributed by atoms with Gasteiger partial charge in [0.15, 0.2) is 0 Å². The van der Waals surface area contributed by atoms with Crippen LogP contribution < -0.4 is 0 Å². The average molecular weight is 155 g/mol. The highest BCUT2D eigenvalue weighted by Gasteiger charge is 2.52. The van der Waals surface area contributed by atoms with Gasteiger partial charge < -0.3 is 4.90 Å². The lowest BCUT2D eigenvalue weighted by molar-refractivity contribution is -0.142. The summed E-state index contributed by atoms with van der Waals surface area (Å²) >= 11 is 2.02. The smallest absolute Gasteiger partial charge is 0.226 e. The Morgan fingerprint density at radius 2 is 2.50 bits per heavy atom. The van der Waals surface area contributed by atoms with Gasteiger partial charge in [0.25, 0.3) is 0 Å². The molecule has 3 fully saturated rings. The Labute approximate surface area is 64.0 Å². The molecule has 0 spiro atoms. The van der Waals surface area contributed by atoms with Crippen molar-refractivity contribution in [3.05, 3.63) is 0 Å². The standard InChI is InChI=1S/C7H9NOS/c9-6-2-7-8(6)3-4-1-5(4)10-7/h4-5,7H,1-3H2/t4?,5?,7-/m0/s1. The van der Waals surface area contributed by atoms with Gasteiger partial charge in [0.05, 0.1) is 11.8 Å². The minimum Gasteiger partial charge on any atom is -0.330 e. The molecule has 2 saturated heterocycles. The van der Waals surface area contributed by atoms with E-state index in [4.69, 9.17) is 0 Å². The summed E-state index contributed by atoms with van der Waals surface area (Å²) in [5.74, 6) is 1.24. The Bertz CT molecular complexity index is 206. The van der Waals surface area contributed by atoms with Gasteiger partial charge >= 0.3 is 0 Å². The molecule has 2 heterocycles. The van der Waals surface area contributed by atoms with E-state index in [1.807, 2.05) is 16.7 Å². The van der Waals surface area contributed by atoms with Gasteiger partial charge in [-0.05, 0) is 12.3 Å². The lowest BCUT2D eigenvalue weighted by Crippen LogP contribution is -2.53. The second kappa shape index (κ2) is 1.52. The Hall–Kier alpha value is -0.180. The minimum atomic E-state index is 0.378. The lowest BCUT2D eigenvalue weighted by atomic mass is 10.2. The number of amides is 1. The molecule has 0 aromatic heterocycles. The van der Waals surface area contributed by atoms with E-state index in [2.05, 4.69) is 0 Å². The third kappa shape index (κ3) is 0.546. The molecular weight excluding hydrogens is 146 g/mol. The summed E-state index contributed by atoms with van der Waals surface area (Å²) in [6.45, 7) is 1.07. The maximum Gasteiger partial charge on any atom is 0.226 e. The van der Waals surface area contributed by atoms with Crippen molar-refractivity contribution >= 4 is 17.7 Å². The van der Waals surface area contributed by atoms with Gasteiger partial charge in [0, 0.05) is 11.8 Å². The molecule has 0 radical (unpaired) electrons. The zero-order valence-electron chi connectivity index (χ0n) is 5.62. The fourth-order valence-electron chi connectivity index (χ4n) is 1.80. The Balaban J connectivity index is 1.81. The molecule has 0 bridgehead atoms. The third-order valence-electron chi connectivity index (χ3n) is 2.64. The van der Waals surface area contributed by atoms with E-state index in [0.717, 1.165) is 24.1 Å². The summed E-state index contributed by atoms with van der Waals surface area (Å²) in [5.41, 5.74) is 0. The largest absolute Gasteiger partial charge is 0.330 e. The van der Waals surface area contributed by atoms with Crippen molar-refractivity contribution in [2.45, 2.75) is 23.5 Å². The van der Waals surface area contributed by atoms with E-state index in [1.165, 1.54) is 6.42 Å². The molecule has 1 amide bonds. The Kier molecular flexibility index (Phi) is 0.833. The summed E-state index contributed by atoms with van der Waals surface area (Å²) in [7, 11) is 0. The van der Waals surface area contributed by atoms with Gasteiger partial charge in [0.1, 0.15) is 0 Å². The molecule has 0 aromatic carbocycles. The third-order valence-corrected chi connectivity index (χ3v) is 4.30. The van der Waals surface area contributed by atoms with Crippen LogP contribution >= 0.6 is 11.8 Å². The first kappa shape index (κ1) is 5.47. The molecular formula is C7H9NOS. The van der Waals surface area contributed by atoms with E-state index >= 15 is 0 Å². The fraction of sp³-hybridized carbons (Fsp3) is 0.857. The highest BCUT2D eigenvalue weighted by molar-refractivity contribution is 8.00. The summed E-state index contributed by atoms with van der Waals surface area (Å²) < 4.78 is 0. The lowest BCUT2D eigenvalue weighted by Gasteiger charge is -2.42. The van der Waals surface area contributed by atoms with Crippen LogP contribution in [0.3, 0.4) is 0 Å². The Morgan fingerprint density at radius 3 is 3.30 bits per heavy atom. The van der Waals surface area contributed by atoms with Crippen LogP contribution in [0.15, 0.2) is 0 Å². The second-order valence-electron chi connectivity index (χ2n) is 3.38. The van der Waals surface area contributed by atoms with Gasteiger partial charge in [-0.1, -0.05) is 0 Å². The number of hydrogen-bond acceptors (Lipinski definition) is 2. The van der Waals surface area contributed by atoms with Gasteiger partial charge in [-0.25, -0.2) is 0 Å². The first-order chi connectivity index (χ1) is 4.84. The van der Waals surface area contributed by atoms with Crippen molar-refractivity contribution in [2.75, 3.05) is 6.54 Å². The highest BCUT2D eigenvalue weighted by Crippen LogP contribution is 2.52. The number of β-lactam (4-membered cyclic amide) rings is 1. The number of nitrogens with zero attached hydrogens (tertiary/aromatic N) is 1. The number of carbonyl (C=O) groups excluding carboxylic acids is 1. The number of fused-ring (bicyclic) bond motifs is 2. The van der Waals surface area contributed by atoms with Crippen molar-refractivity contribution in [1.82, 2.24) is 4.90 Å². The molecule has 0 N–H and O–H groups in total. The van der Waals surface area contributed by atoms with E-state index in [-0.39, 0.29) is 0 Å². The quantitative estimate of drug-likeness (QED) is 0.479. The van der Waals surface area contributed by atoms with Crippen LogP contribution in [-0.2, 0) is 4.79 Å². The van der Waals surface area contributed by atoms with Crippen LogP contribution in [0.25, 0.3) is 0 Å². The first-order valence-corrected chi connectivity index (χ1v) is 4.74. The fourth-order valence-corrected chi connectivity index (χ4v) is 3.46. The van der Waals surface area contributed by atoms with Crippen LogP contribution in [0.4, 0.5) is 0 Å². The van der Waals surface area contributed by atoms with E-state index in [0.29, 0.717) is 11.3 Å². The zero-order valence-corrected chi connectivity index (χ0v) is 6.43. The molecule has 3 heteroatoms. The second-order valence-corrected chi connectivity index (χ2v) is 4.80. The van der Waals surface area contributed by atoms with Crippen LogP contribution in [0.5, 0.6) is 0 Å². The van der Waals surface area contributed by atoms with Crippen molar-refractivity contribution in [3.8, 4) is 0 Å². The van der Waals surface area contributed by atoms with E-state index in [1.54, 1.807) is 0 Å². The number of rotatable bonds is 0. The SMILES string of the molecule is O=C1C[C@@H]2SC3CC3CN12. The molecule has 0 aromatic rings. The molecule has 10 heavy (non-hydrogen) atoms. The average Bonchev–Trinajstić information content (AvgIpc) is 2.63. The topological polar surface area (TPSA) is 20.3 Å². The zero-order chi connectivity index (χ0) is 6.72. The van der Waals surface area contributed by atoms with Crippen molar-refractivity contribution in [3.63, 3.8) is 0 Å². The maximum absolute atomic E-state index is 10.9. The number of carbonyl (C=O) groups is 1. The van der Waals surface area contributed by atoms with Gasteiger partial charge in [-0.3, -0.25) is 4.79 Å². The maximum atomic E-state index is 10.9. The van der Waals surface area contributed by atoms with Crippen LogP contribution in [0.2, 0.25) is 0 Å². The van der Waals surface area contributed by atoms with Gasteiger partial charge in [0.2, 0.25) is 5.91 Å². The van der Waals surface area contributed by atoms with E-state index in [9.17, 15) is 4.79 Å². The molecule has 3 rings (SSSR count). The molecule has 2 aliphatic heterocycles. The molecule has 1 saturated carbocycles. The van der Waals surface area contributed by atoms with Crippen molar-refractivity contribution < 1.29 is 4.79 Å². The monoisotopic (exact) mass is 155 g/mol. The predicted molar refractivity (Wildman–Crippen MR) is 39.6 cm³/mol. The molecule has 3 aliphatic rings. The number of thioether (sulfide) groups is 1. The highest BCUT2D eigenvalue weighted by atomic mass is 32.2. The number of hydrogen-bond donors (Lipinski definition) is 0. The van der Waals surface area contributed by atoms with E-state index < -0.39 is 0 Å². The van der Waals surface area contributed by atoms with Crippen molar-refractivity contribution in [2.24, 2.45) is 5.92 Å². The van der Waals surface area contributed by atoms with Crippen LogP contribution in [0.1, 0.15) is 12.8 Å². The summed E-state index contributed by atoms with van der Waals surface area (Å²) in [5, 5.41) is 1.51. The molecule has 1 aliphatic carbocycles. The first-order valence-electron chi connectivity index (χ1n) is 3.79. The predicted octanol–water partition coefficient (Wildman–Crippen LogP) is 0.680. The van der Waals surface area contributed by atoms with Crippen LogP contribution in [0, 0.1) is 5.92 Å². The van der Waals surface area contributed by atoms with Gasteiger partial charge in [-0.15, -0.1) is 11.8 Å². The van der Waals surface area contributed by atoms with Crippen LogP contribution in [-0.4, -0.2) is 28.0 Å². The molecule has 2 unspecified atom stereocenters. The molecule has 2 nitrogen and oxygen atoms in total. The van der Waals surface area contributed by atoms with Crippen molar-refractivity contribution in [1.29, 1.82) is 0 Å². The minimum absolute atomic E-state index is 0.378. The molecule has 3 atom stereocenters. The van der Waals surface area contributed by atoms with Gasteiger partial charge in [-0.2, -0.15) is 0 Å². The molecule has 54 valence electrons. The normalized spacial score (nSPS) is 49.4. The summed E-state index contributed by atoms with van der Waals surface area (Å²) in [6.07, 6.45) is 2.18. The summed E-state index contributed by atoms with van der Waals surface area (Å²) in [6, 6.07) is 0. The Morgan fingerprint density at radius 1 is 1.60 bits per heavy atom.